The largest absolute Gasteiger partial charge is 0.497 e. The summed E-state index contributed by atoms with van der Waals surface area (Å²) in [6.45, 7) is 3.46. The molecule has 6 rings (SSSR count). The van der Waals surface area contributed by atoms with Gasteiger partial charge in [-0.1, -0.05) is 0 Å². The van der Waals surface area contributed by atoms with Crippen molar-refractivity contribution < 1.29 is 9.53 Å². The summed E-state index contributed by atoms with van der Waals surface area (Å²) in [4.78, 5) is 33.2. The first-order valence-electron chi connectivity index (χ1n) is 12.0. The van der Waals surface area contributed by atoms with Gasteiger partial charge in [-0.3, -0.25) is 9.69 Å². The molecule has 10 heteroatoms. The van der Waals surface area contributed by atoms with Gasteiger partial charge in [-0.25, -0.2) is 15.0 Å². The second kappa shape index (κ2) is 8.76. The van der Waals surface area contributed by atoms with Crippen LogP contribution in [-0.4, -0.2) is 52.5 Å². The number of benzene rings is 1. The number of amides is 1. The molecular formula is C25H29N7O2S. The molecule has 1 unspecified atom stereocenters. The Balaban J connectivity index is 1.34. The lowest BCUT2D eigenvalue weighted by Crippen LogP contribution is -2.53. The van der Waals surface area contributed by atoms with E-state index in [-0.39, 0.29) is 5.91 Å². The van der Waals surface area contributed by atoms with Crippen LogP contribution in [-0.2, 0) is 23.3 Å². The zero-order valence-electron chi connectivity index (χ0n) is 19.7. The molecule has 1 amide bonds. The van der Waals surface area contributed by atoms with Gasteiger partial charge < -0.3 is 20.7 Å². The Hall–Kier alpha value is -3.24. The van der Waals surface area contributed by atoms with Gasteiger partial charge in [-0.2, -0.15) is 0 Å². The van der Waals surface area contributed by atoms with Crippen LogP contribution in [0.25, 0.3) is 0 Å². The minimum Gasteiger partial charge on any atom is -0.497 e. The number of nitrogens with two attached hydrogens (primary N) is 1. The summed E-state index contributed by atoms with van der Waals surface area (Å²) in [6, 6.07) is 7.66. The van der Waals surface area contributed by atoms with E-state index in [9.17, 15) is 4.79 Å². The number of anilines is 3. The van der Waals surface area contributed by atoms with Crippen LogP contribution in [0.2, 0.25) is 0 Å². The molecule has 1 saturated heterocycles. The molecule has 4 heterocycles. The van der Waals surface area contributed by atoms with E-state index in [1.807, 2.05) is 41.6 Å². The summed E-state index contributed by atoms with van der Waals surface area (Å²) in [5.74, 6) is 2.19. The van der Waals surface area contributed by atoms with Crippen molar-refractivity contribution in [2.45, 2.75) is 37.8 Å². The molecule has 1 aromatic carbocycles. The standard InChI is InChI=1S/C25H29N7O2S/c1-34-19-6-4-18(5-7-19)32-13-17-11-29-24(28-10-16-2-3-16)30-21(17)25(22(32)33)8-9-31(15-25)14-20-12-27-23(26)35-20/h4-7,11-12,16H,2-3,8-10,13-15H2,1H3,(H2,26,27)(H,28,29,30). The highest BCUT2D eigenvalue weighted by molar-refractivity contribution is 7.15. The number of fused-ring (bicyclic) bond motifs is 2. The summed E-state index contributed by atoms with van der Waals surface area (Å²) in [5, 5.41) is 3.96. The summed E-state index contributed by atoms with van der Waals surface area (Å²) >= 11 is 1.50. The molecule has 3 aromatic rings. The van der Waals surface area contributed by atoms with Crippen molar-refractivity contribution in [3.8, 4) is 5.75 Å². The molecule has 1 saturated carbocycles. The number of methoxy groups -OCH3 is 1. The minimum atomic E-state index is -0.720. The molecule has 1 atom stereocenters. The molecular weight excluding hydrogens is 462 g/mol. The van der Waals surface area contributed by atoms with Gasteiger partial charge in [-0.05, 0) is 49.4 Å². The second-order valence-electron chi connectivity index (χ2n) is 9.69. The highest BCUT2D eigenvalue weighted by atomic mass is 32.1. The number of hydrogen-bond donors (Lipinski definition) is 2. The van der Waals surface area contributed by atoms with E-state index >= 15 is 0 Å². The van der Waals surface area contributed by atoms with Gasteiger partial charge in [0.15, 0.2) is 5.13 Å². The van der Waals surface area contributed by atoms with Crippen molar-refractivity contribution >= 4 is 34.0 Å². The molecule has 2 aliphatic heterocycles. The van der Waals surface area contributed by atoms with Crippen LogP contribution in [0, 0.1) is 5.92 Å². The number of hydrogen-bond acceptors (Lipinski definition) is 9. The number of likely N-dealkylation sites (tertiary alicyclic amines) is 1. The molecule has 35 heavy (non-hydrogen) atoms. The number of nitrogens with one attached hydrogen (secondary N) is 1. The topological polar surface area (TPSA) is 110 Å². The van der Waals surface area contributed by atoms with Crippen molar-refractivity contribution in [2.24, 2.45) is 5.92 Å². The van der Waals surface area contributed by atoms with Gasteiger partial charge in [0.25, 0.3) is 0 Å². The third-order valence-corrected chi connectivity index (χ3v) is 8.04. The molecule has 1 spiro atoms. The quantitative estimate of drug-likeness (QED) is 0.519. The SMILES string of the molecule is COc1ccc(N2Cc3cnc(NCC4CC4)nc3C3(CCN(Cc4cnc(N)s4)C3)C2=O)cc1. The van der Waals surface area contributed by atoms with Crippen LogP contribution in [0.4, 0.5) is 16.8 Å². The van der Waals surface area contributed by atoms with Crippen molar-refractivity contribution in [3.05, 3.63) is 52.8 Å². The van der Waals surface area contributed by atoms with E-state index in [2.05, 4.69) is 20.2 Å². The maximum absolute atomic E-state index is 14.2. The zero-order chi connectivity index (χ0) is 24.0. The van der Waals surface area contributed by atoms with Gasteiger partial charge in [0, 0.05) is 54.7 Å². The van der Waals surface area contributed by atoms with Crippen molar-refractivity contribution in [2.75, 3.05) is 42.7 Å². The van der Waals surface area contributed by atoms with E-state index in [1.54, 1.807) is 7.11 Å². The zero-order valence-corrected chi connectivity index (χ0v) is 20.6. The average Bonchev–Trinajstić information content (AvgIpc) is 3.48. The Bertz CT molecular complexity index is 1240. The third kappa shape index (κ3) is 4.21. The van der Waals surface area contributed by atoms with E-state index < -0.39 is 5.41 Å². The summed E-state index contributed by atoms with van der Waals surface area (Å²) < 4.78 is 5.31. The summed E-state index contributed by atoms with van der Waals surface area (Å²) in [6.07, 6.45) is 6.95. The van der Waals surface area contributed by atoms with Crippen LogP contribution in [0.15, 0.2) is 36.7 Å². The van der Waals surface area contributed by atoms with Gasteiger partial charge in [0.05, 0.1) is 19.3 Å². The van der Waals surface area contributed by atoms with Gasteiger partial charge in [-0.15, -0.1) is 11.3 Å². The smallest absolute Gasteiger partial charge is 0.240 e. The Morgan fingerprint density at radius 3 is 2.77 bits per heavy atom. The number of nitrogens with zero attached hydrogens (tertiary/aromatic N) is 5. The number of nitrogen functional groups attached to an aromatic ring is 1. The van der Waals surface area contributed by atoms with Crippen molar-refractivity contribution in [1.29, 1.82) is 0 Å². The third-order valence-electron chi connectivity index (χ3n) is 7.23. The lowest BCUT2D eigenvalue weighted by molar-refractivity contribution is -0.124. The van der Waals surface area contributed by atoms with E-state index in [0.717, 1.165) is 47.2 Å². The van der Waals surface area contributed by atoms with E-state index in [1.165, 1.54) is 24.2 Å². The fourth-order valence-electron chi connectivity index (χ4n) is 5.16. The van der Waals surface area contributed by atoms with Crippen LogP contribution >= 0.6 is 11.3 Å². The first-order chi connectivity index (χ1) is 17.0. The van der Waals surface area contributed by atoms with Gasteiger partial charge >= 0.3 is 0 Å². The lowest BCUT2D eigenvalue weighted by Gasteiger charge is -2.40. The van der Waals surface area contributed by atoms with Crippen LogP contribution in [0.1, 0.15) is 35.4 Å². The number of rotatable bonds is 7. The Morgan fingerprint density at radius 2 is 2.06 bits per heavy atom. The molecule has 9 nitrogen and oxygen atoms in total. The molecule has 2 fully saturated rings. The average molecular weight is 492 g/mol. The minimum absolute atomic E-state index is 0.0910. The number of carbonyl (C=O) groups is 1. The lowest BCUT2D eigenvalue weighted by atomic mass is 9.77. The molecule has 0 bridgehead atoms. The predicted octanol–water partition coefficient (Wildman–Crippen LogP) is 3.04. The fourth-order valence-corrected chi connectivity index (χ4v) is 5.89. The molecule has 1 aliphatic carbocycles. The molecule has 2 aromatic heterocycles. The van der Waals surface area contributed by atoms with Crippen LogP contribution in [0.3, 0.4) is 0 Å². The highest BCUT2D eigenvalue weighted by Gasteiger charge is 2.53. The molecule has 0 radical (unpaired) electrons. The van der Waals surface area contributed by atoms with E-state index in [0.29, 0.717) is 36.5 Å². The second-order valence-corrected chi connectivity index (χ2v) is 10.8. The van der Waals surface area contributed by atoms with Crippen molar-refractivity contribution in [1.82, 2.24) is 19.9 Å². The maximum Gasteiger partial charge on any atom is 0.240 e. The normalized spacial score (nSPS) is 22.0. The Morgan fingerprint density at radius 1 is 1.23 bits per heavy atom. The fraction of sp³-hybridized carbons (Fsp3) is 0.440. The number of ether oxygens (including phenoxy) is 1. The Kier molecular flexibility index (Phi) is 5.57. The first kappa shape index (κ1) is 22.2. The van der Waals surface area contributed by atoms with Gasteiger partial charge in [0.2, 0.25) is 11.9 Å². The molecule has 182 valence electrons. The van der Waals surface area contributed by atoms with Crippen LogP contribution < -0.4 is 20.7 Å². The summed E-state index contributed by atoms with van der Waals surface area (Å²) in [5.41, 5.74) is 7.85. The monoisotopic (exact) mass is 491 g/mol. The number of carbonyl (C=O) groups excluding carboxylic acids is 1. The first-order valence-corrected chi connectivity index (χ1v) is 12.8. The predicted molar refractivity (Wildman–Crippen MR) is 136 cm³/mol. The maximum atomic E-state index is 14.2. The molecule has 3 aliphatic rings. The highest BCUT2D eigenvalue weighted by Crippen LogP contribution is 2.43. The number of aromatic nitrogens is 3. The van der Waals surface area contributed by atoms with Crippen molar-refractivity contribution in [3.63, 3.8) is 0 Å². The van der Waals surface area contributed by atoms with E-state index in [4.69, 9.17) is 15.5 Å². The Labute approximate surface area is 208 Å². The van der Waals surface area contributed by atoms with Gasteiger partial charge in [0.1, 0.15) is 11.2 Å². The summed E-state index contributed by atoms with van der Waals surface area (Å²) in [7, 11) is 1.64. The number of thiazole rings is 1. The van der Waals surface area contributed by atoms with Crippen LogP contribution in [0.5, 0.6) is 5.75 Å². The molecule has 3 N–H and O–H groups in total.